The van der Waals surface area contributed by atoms with E-state index in [4.69, 9.17) is 4.74 Å². The number of aliphatic hydroxyl groups excluding tert-OH is 2. The summed E-state index contributed by atoms with van der Waals surface area (Å²) in [5.74, 6) is -0.0922. The number of benzene rings is 1. The second-order valence-corrected chi connectivity index (χ2v) is 5.62. The summed E-state index contributed by atoms with van der Waals surface area (Å²) in [4.78, 5) is 12.5. The van der Waals surface area contributed by atoms with Gasteiger partial charge in [0, 0.05) is 0 Å². The summed E-state index contributed by atoms with van der Waals surface area (Å²) in [5.41, 5.74) is 0.535. The van der Waals surface area contributed by atoms with Gasteiger partial charge in [-0.15, -0.1) is 0 Å². The van der Waals surface area contributed by atoms with Crippen LogP contribution in [-0.4, -0.2) is 47.6 Å². The summed E-state index contributed by atoms with van der Waals surface area (Å²) in [5, 5.41) is 22.3. The largest absolute Gasteiger partial charge is 0.388 e. The summed E-state index contributed by atoms with van der Waals surface area (Å²) < 4.78 is 5.18. The van der Waals surface area contributed by atoms with E-state index < -0.39 is 23.7 Å². The highest BCUT2D eigenvalue weighted by Gasteiger charge is 2.52. The molecule has 1 aromatic rings. The van der Waals surface area contributed by atoms with Crippen LogP contribution < -0.4 is 5.32 Å². The zero-order valence-electron chi connectivity index (χ0n) is 11.2. The molecule has 5 nitrogen and oxygen atoms in total. The van der Waals surface area contributed by atoms with Crippen LogP contribution in [-0.2, 0) is 14.9 Å². The smallest absolute Gasteiger partial charge is 0.231 e. The Kier molecular flexibility index (Phi) is 3.50. The molecule has 3 N–H and O–H groups in total. The van der Waals surface area contributed by atoms with E-state index in [9.17, 15) is 15.0 Å². The molecule has 0 aromatic heterocycles. The molecule has 108 valence electrons. The molecular weight excluding hydrogens is 258 g/mol. The van der Waals surface area contributed by atoms with Crippen LogP contribution in [0.3, 0.4) is 0 Å². The average molecular weight is 277 g/mol. The Labute approximate surface area is 117 Å². The lowest BCUT2D eigenvalue weighted by Gasteiger charge is -2.33. The number of carbonyl (C=O) groups excluding carboxylic acids is 1. The Hall–Kier alpha value is -1.43. The second kappa shape index (κ2) is 5.16. The lowest BCUT2D eigenvalue weighted by atomic mass is 9.94. The summed E-state index contributed by atoms with van der Waals surface area (Å²) in [6.07, 6.45) is -0.287. The average Bonchev–Trinajstić information content (AvgIpc) is 3.26. The molecule has 1 aromatic carbocycles. The first-order chi connectivity index (χ1) is 9.63. The zero-order chi connectivity index (χ0) is 14.2. The van der Waals surface area contributed by atoms with E-state index in [0.717, 1.165) is 18.4 Å². The van der Waals surface area contributed by atoms with Gasteiger partial charge in [-0.2, -0.15) is 0 Å². The maximum Gasteiger partial charge on any atom is 0.231 e. The van der Waals surface area contributed by atoms with Crippen LogP contribution in [0.25, 0.3) is 0 Å². The molecule has 1 saturated heterocycles. The Morgan fingerprint density at radius 3 is 2.55 bits per heavy atom. The quantitative estimate of drug-likeness (QED) is 0.724. The number of hydrogen-bond donors (Lipinski definition) is 3. The van der Waals surface area contributed by atoms with Gasteiger partial charge < -0.3 is 20.3 Å². The summed E-state index contributed by atoms with van der Waals surface area (Å²) in [6, 6.07) is 9.12. The molecular formula is C15H19NO4. The topological polar surface area (TPSA) is 78.8 Å². The second-order valence-electron chi connectivity index (χ2n) is 5.62. The highest BCUT2D eigenvalue weighted by Crippen LogP contribution is 2.48. The molecule has 1 saturated carbocycles. The third-order valence-electron chi connectivity index (χ3n) is 4.22. The van der Waals surface area contributed by atoms with Crippen LogP contribution in [0, 0.1) is 0 Å². The zero-order valence-corrected chi connectivity index (χ0v) is 11.2. The first-order valence-corrected chi connectivity index (χ1v) is 6.94. The molecule has 1 amide bonds. The number of carbonyl (C=O) groups is 1. The van der Waals surface area contributed by atoms with Crippen LogP contribution in [0.1, 0.15) is 18.4 Å². The molecule has 20 heavy (non-hydrogen) atoms. The van der Waals surface area contributed by atoms with E-state index in [1.165, 1.54) is 0 Å². The fourth-order valence-corrected chi connectivity index (χ4v) is 2.74. The van der Waals surface area contributed by atoms with Crippen molar-refractivity contribution in [2.24, 2.45) is 0 Å². The standard InChI is InChI=1S/C15H19NO4/c17-12-9-20-8-11(13(12)18)16-14(19)15(6-7-15)10-4-2-1-3-5-10/h1-5,11-13,17-18H,6-9H2,(H,16,19)/t11-,12-,13+/m1/s1. The molecule has 3 rings (SSSR count). The first kappa shape index (κ1) is 13.5. The molecule has 0 unspecified atom stereocenters. The molecule has 0 spiro atoms. The molecule has 0 bridgehead atoms. The van der Waals surface area contributed by atoms with Crippen LogP contribution in [0.4, 0.5) is 0 Å². The van der Waals surface area contributed by atoms with Crippen molar-refractivity contribution in [2.75, 3.05) is 13.2 Å². The van der Waals surface area contributed by atoms with Crippen molar-refractivity contribution in [3.63, 3.8) is 0 Å². The number of hydrogen-bond acceptors (Lipinski definition) is 4. The van der Waals surface area contributed by atoms with Gasteiger partial charge >= 0.3 is 0 Å². The van der Waals surface area contributed by atoms with E-state index in [-0.39, 0.29) is 19.1 Å². The van der Waals surface area contributed by atoms with Gasteiger partial charge in [0.15, 0.2) is 0 Å². The number of ether oxygens (including phenoxy) is 1. The minimum Gasteiger partial charge on any atom is -0.388 e. The summed E-state index contributed by atoms with van der Waals surface area (Å²) in [7, 11) is 0. The van der Waals surface area contributed by atoms with Gasteiger partial charge in [0.2, 0.25) is 5.91 Å². The van der Waals surface area contributed by atoms with E-state index in [0.29, 0.717) is 0 Å². The Morgan fingerprint density at radius 2 is 1.90 bits per heavy atom. The van der Waals surface area contributed by atoms with Gasteiger partial charge in [-0.3, -0.25) is 4.79 Å². The van der Waals surface area contributed by atoms with Crippen molar-refractivity contribution in [3.05, 3.63) is 35.9 Å². The van der Waals surface area contributed by atoms with Crippen molar-refractivity contribution in [1.82, 2.24) is 5.32 Å². The Morgan fingerprint density at radius 1 is 1.20 bits per heavy atom. The number of nitrogens with one attached hydrogen (secondary N) is 1. The molecule has 0 radical (unpaired) electrons. The van der Waals surface area contributed by atoms with Crippen LogP contribution >= 0.6 is 0 Å². The minimum atomic E-state index is -0.973. The molecule has 2 fully saturated rings. The fourth-order valence-electron chi connectivity index (χ4n) is 2.74. The third-order valence-corrected chi connectivity index (χ3v) is 4.22. The third kappa shape index (κ3) is 2.32. The SMILES string of the molecule is O=C(N[C@@H]1COC[C@@H](O)[C@H]1O)C1(c2ccccc2)CC1. The molecule has 1 aliphatic heterocycles. The predicted octanol–water partition coefficient (Wildman–Crippen LogP) is -0.0450. The lowest BCUT2D eigenvalue weighted by molar-refractivity contribution is -0.133. The van der Waals surface area contributed by atoms with Gasteiger partial charge in [-0.1, -0.05) is 30.3 Å². The maximum absolute atomic E-state index is 12.5. The molecule has 1 aliphatic carbocycles. The first-order valence-electron chi connectivity index (χ1n) is 6.94. The summed E-state index contributed by atoms with van der Waals surface area (Å²) in [6.45, 7) is 0.339. The normalized spacial score (nSPS) is 31.6. The van der Waals surface area contributed by atoms with Gasteiger partial charge in [0.05, 0.1) is 24.7 Å². The van der Waals surface area contributed by atoms with Crippen molar-refractivity contribution in [2.45, 2.75) is 36.5 Å². The van der Waals surface area contributed by atoms with E-state index in [1.807, 2.05) is 30.3 Å². The minimum absolute atomic E-state index is 0.0922. The van der Waals surface area contributed by atoms with Crippen molar-refractivity contribution >= 4 is 5.91 Å². The number of amides is 1. The Bertz CT molecular complexity index is 486. The molecule has 2 aliphatic rings. The highest BCUT2D eigenvalue weighted by molar-refractivity contribution is 5.91. The maximum atomic E-state index is 12.5. The molecule has 1 heterocycles. The van der Waals surface area contributed by atoms with Gasteiger partial charge in [0.1, 0.15) is 12.2 Å². The number of rotatable bonds is 3. The van der Waals surface area contributed by atoms with Crippen molar-refractivity contribution < 1.29 is 19.7 Å². The van der Waals surface area contributed by atoms with E-state index in [2.05, 4.69) is 5.32 Å². The van der Waals surface area contributed by atoms with Crippen molar-refractivity contribution in [1.29, 1.82) is 0 Å². The fraction of sp³-hybridized carbons (Fsp3) is 0.533. The van der Waals surface area contributed by atoms with Crippen LogP contribution in [0.2, 0.25) is 0 Å². The van der Waals surface area contributed by atoms with Crippen LogP contribution in [0.5, 0.6) is 0 Å². The van der Waals surface area contributed by atoms with Gasteiger partial charge in [-0.05, 0) is 18.4 Å². The van der Waals surface area contributed by atoms with E-state index in [1.54, 1.807) is 0 Å². The highest BCUT2D eigenvalue weighted by atomic mass is 16.5. The predicted molar refractivity (Wildman–Crippen MR) is 72.1 cm³/mol. The summed E-state index contributed by atoms with van der Waals surface area (Å²) >= 11 is 0. The van der Waals surface area contributed by atoms with Crippen molar-refractivity contribution in [3.8, 4) is 0 Å². The van der Waals surface area contributed by atoms with Crippen LogP contribution in [0.15, 0.2) is 30.3 Å². The van der Waals surface area contributed by atoms with Gasteiger partial charge in [0.25, 0.3) is 0 Å². The van der Waals surface area contributed by atoms with E-state index >= 15 is 0 Å². The van der Waals surface area contributed by atoms with Gasteiger partial charge in [-0.25, -0.2) is 0 Å². The lowest BCUT2D eigenvalue weighted by Crippen LogP contribution is -2.57. The number of aliphatic hydroxyl groups is 2. The monoisotopic (exact) mass is 277 g/mol. The Balaban J connectivity index is 1.71. The molecule has 3 atom stereocenters. The molecule has 5 heteroatoms.